The Morgan fingerprint density at radius 2 is 2.36 bits per heavy atom. The first-order chi connectivity index (χ1) is 6.66. The molecule has 1 rings (SSSR count). The quantitative estimate of drug-likeness (QED) is 0.597. The third kappa shape index (κ3) is 2.32. The summed E-state index contributed by atoms with van der Waals surface area (Å²) in [7, 11) is 0. The Kier molecular flexibility index (Phi) is 3.64. The average Bonchev–Trinajstić information content (AvgIpc) is 2.18. The van der Waals surface area contributed by atoms with E-state index in [0.717, 1.165) is 0 Å². The summed E-state index contributed by atoms with van der Waals surface area (Å²) in [6.45, 7) is 4.87. The lowest BCUT2D eigenvalue weighted by Gasteiger charge is -2.33. The zero-order valence-corrected chi connectivity index (χ0v) is 7.90. The van der Waals surface area contributed by atoms with Gasteiger partial charge in [0.1, 0.15) is 6.04 Å². The van der Waals surface area contributed by atoms with Crippen molar-refractivity contribution in [2.24, 2.45) is 0 Å². The van der Waals surface area contributed by atoms with Crippen molar-refractivity contribution in [1.82, 2.24) is 10.2 Å². The fourth-order valence-corrected chi connectivity index (χ4v) is 1.46. The molecule has 1 aliphatic heterocycles. The maximum Gasteiger partial charge on any atom is 0.327 e. The minimum atomic E-state index is -0.963. The van der Waals surface area contributed by atoms with Gasteiger partial charge >= 0.3 is 5.97 Å². The Morgan fingerprint density at radius 1 is 1.64 bits per heavy atom. The normalized spacial score (nSPS) is 21.7. The van der Waals surface area contributed by atoms with Gasteiger partial charge in [-0.05, 0) is 0 Å². The lowest BCUT2D eigenvalue weighted by molar-refractivity contribution is -0.150. The van der Waals surface area contributed by atoms with E-state index in [2.05, 4.69) is 11.9 Å². The number of carboxylic acids is 1. The predicted molar refractivity (Wildman–Crippen MR) is 50.8 cm³/mol. The third-order valence-corrected chi connectivity index (χ3v) is 2.17. The summed E-state index contributed by atoms with van der Waals surface area (Å²) in [5.74, 6) is -1.14. The summed E-state index contributed by atoms with van der Waals surface area (Å²) >= 11 is 0. The molecule has 0 aromatic heterocycles. The van der Waals surface area contributed by atoms with Crippen molar-refractivity contribution < 1.29 is 14.7 Å². The first-order valence-electron chi connectivity index (χ1n) is 4.50. The molecule has 78 valence electrons. The number of amides is 1. The minimum absolute atomic E-state index is 0.172. The molecule has 1 fully saturated rings. The van der Waals surface area contributed by atoms with Gasteiger partial charge in [0.05, 0.1) is 0 Å². The summed E-state index contributed by atoms with van der Waals surface area (Å²) < 4.78 is 0. The number of nitrogens with zero attached hydrogens (tertiary/aromatic N) is 1. The summed E-state index contributed by atoms with van der Waals surface area (Å²) in [6, 6.07) is -0.740. The first-order valence-corrected chi connectivity index (χ1v) is 4.50. The second kappa shape index (κ2) is 4.76. The van der Waals surface area contributed by atoms with Crippen molar-refractivity contribution in [2.75, 3.05) is 19.6 Å². The number of rotatable bonds is 3. The Hall–Kier alpha value is -1.36. The summed E-state index contributed by atoms with van der Waals surface area (Å²) in [5.41, 5.74) is 0. The van der Waals surface area contributed by atoms with Crippen molar-refractivity contribution in [3.63, 3.8) is 0 Å². The maximum atomic E-state index is 11.5. The number of hydrogen-bond donors (Lipinski definition) is 2. The molecule has 1 unspecified atom stereocenters. The molecular weight excluding hydrogens is 184 g/mol. The lowest BCUT2D eigenvalue weighted by Crippen LogP contribution is -2.56. The molecule has 1 aliphatic rings. The van der Waals surface area contributed by atoms with Crippen LogP contribution in [-0.2, 0) is 9.59 Å². The molecule has 1 amide bonds. The summed E-state index contributed by atoms with van der Waals surface area (Å²) in [6.07, 6.45) is 1.69. The molecular formula is C9H14N2O3. The standard InChI is InChI=1S/C9H14N2O3/c1-2-3-8(12)11-5-4-10-6-7(11)9(13)14/h2,7,10H,1,3-6H2,(H,13,14). The van der Waals surface area contributed by atoms with Crippen molar-refractivity contribution in [3.8, 4) is 0 Å². The van der Waals surface area contributed by atoms with Crippen LogP contribution in [0.25, 0.3) is 0 Å². The molecule has 0 aromatic rings. The van der Waals surface area contributed by atoms with Crippen LogP contribution in [0, 0.1) is 0 Å². The minimum Gasteiger partial charge on any atom is -0.480 e. The van der Waals surface area contributed by atoms with Crippen LogP contribution in [-0.4, -0.2) is 47.6 Å². The molecule has 1 heterocycles. The number of piperazine rings is 1. The van der Waals surface area contributed by atoms with Gasteiger partial charge in [-0.3, -0.25) is 4.79 Å². The average molecular weight is 198 g/mol. The monoisotopic (exact) mass is 198 g/mol. The highest BCUT2D eigenvalue weighted by molar-refractivity contribution is 5.84. The van der Waals surface area contributed by atoms with E-state index in [4.69, 9.17) is 5.11 Å². The number of carbonyl (C=O) groups excluding carboxylic acids is 1. The Labute approximate surface area is 82.4 Å². The van der Waals surface area contributed by atoms with Crippen LogP contribution in [0.3, 0.4) is 0 Å². The van der Waals surface area contributed by atoms with Gasteiger partial charge in [0.15, 0.2) is 0 Å². The lowest BCUT2D eigenvalue weighted by atomic mass is 10.2. The second-order valence-electron chi connectivity index (χ2n) is 3.14. The van der Waals surface area contributed by atoms with Crippen LogP contribution in [0.4, 0.5) is 0 Å². The summed E-state index contributed by atoms with van der Waals surface area (Å²) in [5, 5.41) is 11.8. The Morgan fingerprint density at radius 3 is 2.93 bits per heavy atom. The Balaban J connectivity index is 2.66. The van der Waals surface area contributed by atoms with Crippen LogP contribution < -0.4 is 5.32 Å². The van der Waals surface area contributed by atoms with E-state index < -0.39 is 12.0 Å². The highest BCUT2D eigenvalue weighted by Crippen LogP contribution is 2.06. The molecule has 5 nitrogen and oxygen atoms in total. The van der Waals surface area contributed by atoms with E-state index in [-0.39, 0.29) is 12.3 Å². The number of hydrogen-bond acceptors (Lipinski definition) is 3. The molecule has 2 N–H and O–H groups in total. The molecule has 0 saturated carbocycles. The van der Waals surface area contributed by atoms with Gasteiger partial charge in [0.25, 0.3) is 0 Å². The largest absolute Gasteiger partial charge is 0.480 e. The highest BCUT2D eigenvalue weighted by Gasteiger charge is 2.30. The molecule has 0 aromatic carbocycles. The zero-order chi connectivity index (χ0) is 10.6. The molecule has 0 bridgehead atoms. The van der Waals surface area contributed by atoms with E-state index in [1.54, 1.807) is 0 Å². The summed E-state index contributed by atoms with van der Waals surface area (Å²) in [4.78, 5) is 23.7. The number of aliphatic carboxylic acids is 1. The van der Waals surface area contributed by atoms with Crippen molar-refractivity contribution in [2.45, 2.75) is 12.5 Å². The molecule has 0 radical (unpaired) electrons. The molecule has 14 heavy (non-hydrogen) atoms. The van der Waals surface area contributed by atoms with Crippen molar-refractivity contribution in [1.29, 1.82) is 0 Å². The van der Waals surface area contributed by atoms with Crippen LogP contribution >= 0.6 is 0 Å². The first kappa shape index (κ1) is 10.7. The third-order valence-electron chi connectivity index (χ3n) is 2.17. The fraction of sp³-hybridized carbons (Fsp3) is 0.556. The fourth-order valence-electron chi connectivity index (χ4n) is 1.46. The zero-order valence-electron chi connectivity index (χ0n) is 7.90. The van der Waals surface area contributed by atoms with E-state index in [1.807, 2.05) is 0 Å². The van der Waals surface area contributed by atoms with E-state index in [0.29, 0.717) is 19.6 Å². The van der Waals surface area contributed by atoms with Crippen molar-refractivity contribution >= 4 is 11.9 Å². The molecule has 1 atom stereocenters. The van der Waals surface area contributed by atoms with Gasteiger partial charge < -0.3 is 15.3 Å². The van der Waals surface area contributed by atoms with Crippen LogP contribution in [0.1, 0.15) is 6.42 Å². The van der Waals surface area contributed by atoms with Gasteiger partial charge in [-0.1, -0.05) is 6.08 Å². The molecule has 1 saturated heterocycles. The highest BCUT2D eigenvalue weighted by atomic mass is 16.4. The maximum absolute atomic E-state index is 11.5. The van der Waals surface area contributed by atoms with Gasteiger partial charge in [0.2, 0.25) is 5.91 Å². The van der Waals surface area contributed by atoms with Crippen LogP contribution in [0.5, 0.6) is 0 Å². The predicted octanol–water partition coefficient (Wildman–Crippen LogP) is -0.552. The van der Waals surface area contributed by atoms with Gasteiger partial charge in [-0.2, -0.15) is 0 Å². The number of carboxylic acid groups (broad SMARTS) is 1. The number of carbonyl (C=O) groups is 2. The Bertz CT molecular complexity index is 252. The molecule has 0 spiro atoms. The van der Waals surface area contributed by atoms with Crippen LogP contribution in [0.15, 0.2) is 12.7 Å². The molecule has 0 aliphatic carbocycles. The molecule has 5 heteroatoms. The van der Waals surface area contributed by atoms with E-state index in [1.165, 1.54) is 11.0 Å². The second-order valence-corrected chi connectivity index (χ2v) is 3.14. The van der Waals surface area contributed by atoms with E-state index >= 15 is 0 Å². The van der Waals surface area contributed by atoms with Gasteiger partial charge in [0, 0.05) is 26.1 Å². The van der Waals surface area contributed by atoms with Gasteiger partial charge in [-0.15, -0.1) is 6.58 Å². The van der Waals surface area contributed by atoms with E-state index in [9.17, 15) is 9.59 Å². The number of nitrogens with one attached hydrogen (secondary N) is 1. The SMILES string of the molecule is C=CCC(=O)N1CCNCC1C(=O)O. The smallest absolute Gasteiger partial charge is 0.327 e. The van der Waals surface area contributed by atoms with Gasteiger partial charge in [-0.25, -0.2) is 4.79 Å². The van der Waals surface area contributed by atoms with Crippen LogP contribution in [0.2, 0.25) is 0 Å². The van der Waals surface area contributed by atoms with Crippen molar-refractivity contribution in [3.05, 3.63) is 12.7 Å². The topological polar surface area (TPSA) is 69.6 Å².